The molecule has 0 bridgehead atoms. The van der Waals surface area contributed by atoms with E-state index in [1.807, 2.05) is 6.08 Å². The quantitative estimate of drug-likeness (QED) is 0.617. The molecule has 0 spiro atoms. The maximum absolute atomic E-state index is 11.5. The number of nitrogens with zero attached hydrogens (tertiary/aromatic N) is 3. The normalized spacial score (nSPS) is 21.7. The summed E-state index contributed by atoms with van der Waals surface area (Å²) in [5, 5.41) is 2.05. The smallest absolute Gasteiger partial charge is 0.209 e. The Hall–Kier alpha value is -1.49. The van der Waals surface area contributed by atoms with Gasteiger partial charge in [0.15, 0.2) is 11.2 Å². The molecule has 2 aliphatic rings. The molecule has 4 nitrogen and oxygen atoms in total. The third kappa shape index (κ3) is 1.31. The predicted molar refractivity (Wildman–Crippen MR) is 56.1 cm³/mol. The number of fused-ring (bicyclic) bond motifs is 2. The zero-order chi connectivity index (χ0) is 10.4. The van der Waals surface area contributed by atoms with Crippen molar-refractivity contribution in [1.29, 1.82) is 0 Å². The maximum Gasteiger partial charge on any atom is 0.209 e. The Bertz CT molecular complexity index is 606. The third-order valence-corrected chi connectivity index (χ3v) is 3.25. The molecular formula is C10H7N3OS. The van der Waals surface area contributed by atoms with Crippen LogP contribution in [0.25, 0.3) is 6.08 Å². The molecule has 0 saturated carbocycles. The summed E-state index contributed by atoms with van der Waals surface area (Å²) in [6.07, 6.45) is 4.90. The van der Waals surface area contributed by atoms with E-state index in [0.717, 1.165) is 10.4 Å². The van der Waals surface area contributed by atoms with Crippen molar-refractivity contribution in [3.63, 3.8) is 0 Å². The van der Waals surface area contributed by atoms with Crippen LogP contribution in [0.4, 0.5) is 0 Å². The Morgan fingerprint density at radius 2 is 2.27 bits per heavy atom. The number of thioether (sulfide) groups is 1. The fourth-order valence-corrected chi connectivity index (χ4v) is 2.48. The molecule has 0 radical (unpaired) electrons. The molecule has 3 heterocycles. The van der Waals surface area contributed by atoms with E-state index in [1.54, 1.807) is 11.8 Å². The van der Waals surface area contributed by atoms with Crippen LogP contribution in [0.3, 0.4) is 0 Å². The van der Waals surface area contributed by atoms with E-state index in [1.165, 1.54) is 12.3 Å². The SMILES string of the molecule is CC1C=c2nc3c(nc2S1)=NC=CC3=O. The molecule has 0 N–H and O–H groups in total. The summed E-state index contributed by atoms with van der Waals surface area (Å²) in [6, 6.07) is 0. The minimum Gasteiger partial charge on any atom is -0.287 e. The predicted octanol–water partition coefficient (Wildman–Crippen LogP) is 0.0809. The largest absolute Gasteiger partial charge is 0.287 e. The Morgan fingerprint density at radius 1 is 1.40 bits per heavy atom. The second-order valence-corrected chi connectivity index (χ2v) is 4.75. The number of rotatable bonds is 0. The lowest BCUT2D eigenvalue weighted by Gasteiger charge is -2.01. The number of ketones is 1. The number of hydrogen-bond donors (Lipinski definition) is 0. The first-order chi connectivity index (χ1) is 7.24. The van der Waals surface area contributed by atoms with Crippen molar-refractivity contribution in [2.75, 3.05) is 0 Å². The van der Waals surface area contributed by atoms with E-state index >= 15 is 0 Å². The third-order valence-electron chi connectivity index (χ3n) is 2.22. The number of hydrogen-bond acceptors (Lipinski definition) is 5. The number of allylic oxidation sites excluding steroid dienone is 1. The molecule has 0 fully saturated rings. The van der Waals surface area contributed by atoms with Crippen LogP contribution in [0.1, 0.15) is 17.4 Å². The molecule has 1 atom stereocenters. The monoisotopic (exact) mass is 217 g/mol. The highest BCUT2D eigenvalue weighted by Crippen LogP contribution is 2.22. The Labute approximate surface area is 89.8 Å². The lowest BCUT2D eigenvalue weighted by atomic mass is 10.2. The van der Waals surface area contributed by atoms with E-state index in [9.17, 15) is 4.79 Å². The van der Waals surface area contributed by atoms with Crippen molar-refractivity contribution in [1.82, 2.24) is 9.97 Å². The fourth-order valence-electron chi connectivity index (χ4n) is 1.56. The van der Waals surface area contributed by atoms with Crippen molar-refractivity contribution < 1.29 is 4.79 Å². The molecule has 3 rings (SSSR count). The highest BCUT2D eigenvalue weighted by molar-refractivity contribution is 8.00. The van der Waals surface area contributed by atoms with Crippen molar-refractivity contribution in [3.05, 3.63) is 28.8 Å². The summed E-state index contributed by atoms with van der Waals surface area (Å²) >= 11 is 1.64. The Balaban J connectivity index is 2.34. The topological polar surface area (TPSA) is 55.2 Å². The van der Waals surface area contributed by atoms with E-state index in [4.69, 9.17) is 0 Å². The first-order valence-corrected chi connectivity index (χ1v) is 5.47. The molecule has 0 saturated heterocycles. The summed E-state index contributed by atoms with van der Waals surface area (Å²) in [5.74, 6) is -0.117. The molecule has 15 heavy (non-hydrogen) atoms. The van der Waals surface area contributed by atoms with Crippen molar-refractivity contribution in [2.45, 2.75) is 17.2 Å². The van der Waals surface area contributed by atoms with E-state index < -0.39 is 0 Å². The molecular weight excluding hydrogens is 210 g/mol. The van der Waals surface area contributed by atoms with Crippen LogP contribution in [0, 0.1) is 0 Å². The maximum atomic E-state index is 11.5. The fraction of sp³-hybridized carbons (Fsp3) is 0.200. The van der Waals surface area contributed by atoms with Gasteiger partial charge in [-0.1, -0.05) is 11.8 Å². The van der Waals surface area contributed by atoms with Crippen LogP contribution >= 0.6 is 11.8 Å². The molecule has 1 unspecified atom stereocenters. The zero-order valence-electron chi connectivity index (χ0n) is 7.97. The first-order valence-electron chi connectivity index (χ1n) is 4.59. The molecule has 0 aliphatic carbocycles. The van der Waals surface area contributed by atoms with Crippen LogP contribution in [0.5, 0.6) is 0 Å². The summed E-state index contributed by atoms with van der Waals surface area (Å²) in [6.45, 7) is 2.07. The molecule has 74 valence electrons. The van der Waals surface area contributed by atoms with Crippen LogP contribution < -0.4 is 10.8 Å². The van der Waals surface area contributed by atoms with Crippen molar-refractivity contribution in [2.24, 2.45) is 4.99 Å². The van der Waals surface area contributed by atoms with Crippen molar-refractivity contribution >= 4 is 23.6 Å². The van der Waals surface area contributed by atoms with Gasteiger partial charge in [0, 0.05) is 17.5 Å². The van der Waals surface area contributed by atoms with E-state index in [2.05, 4.69) is 21.9 Å². The van der Waals surface area contributed by atoms with Crippen LogP contribution in [0.2, 0.25) is 0 Å². The van der Waals surface area contributed by atoms with Crippen LogP contribution in [0.15, 0.2) is 22.3 Å². The Kier molecular flexibility index (Phi) is 1.76. The summed E-state index contributed by atoms with van der Waals surface area (Å²) in [7, 11) is 0. The molecule has 0 amide bonds. The van der Waals surface area contributed by atoms with Gasteiger partial charge in [-0.25, -0.2) is 15.0 Å². The standard InChI is InChI=1S/C10H7N3OS/c1-5-4-6-10(15-5)13-9-8(12-6)7(14)2-3-11-9/h2-5H,1H3. The second-order valence-electron chi connectivity index (χ2n) is 3.38. The molecule has 5 heteroatoms. The van der Waals surface area contributed by atoms with Crippen molar-refractivity contribution in [3.8, 4) is 0 Å². The molecule has 2 aliphatic heterocycles. The highest BCUT2D eigenvalue weighted by atomic mass is 32.2. The minimum absolute atomic E-state index is 0.117. The molecule has 0 aromatic carbocycles. The van der Waals surface area contributed by atoms with Gasteiger partial charge in [-0.3, -0.25) is 4.79 Å². The van der Waals surface area contributed by atoms with Crippen LogP contribution in [-0.4, -0.2) is 21.0 Å². The minimum atomic E-state index is -0.117. The number of carbonyl (C=O) groups is 1. The van der Waals surface area contributed by atoms with Gasteiger partial charge in [0.05, 0.1) is 5.35 Å². The summed E-state index contributed by atoms with van der Waals surface area (Å²) in [4.78, 5) is 24.2. The van der Waals surface area contributed by atoms with Gasteiger partial charge in [-0.05, 0) is 13.0 Å². The second kappa shape index (κ2) is 3.00. The number of carbonyl (C=O) groups excluding carboxylic acids is 1. The van der Waals surface area contributed by atoms with Gasteiger partial charge in [0.2, 0.25) is 5.78 Å². The average molecular weight is 217 g/mol. The van der Waals surface area contributed by atoms with E-state index in [-0.39, 0.29) is 5.78 Å². The lowest BCUT2D eigenvalue weighted by Crippen LogP contribution is -2.29. The Morgan fingerprint density at radius 3 is 3.13 bits per heavy atom. The molecule has 1 aromatic rings. The van der Waals surface area contributed by atoms with E-state index in [0.29, 0.717) is 16.4 Å². The number of aromatic nitrogens is 2. The van der Waals surface area contributed by atoms with Gasteiger partial charge >= 0.3 is 0 Å². The van der Waals surface area contributed by atoms with Gasteiger partial charge in [0.1, 0.15) is 5.03 Å². The lowest BCUT2D eigenvalue weighted by molar-refractivity contribution is 0.103. The van der Waals surface area contributed by atoms with Gasteiger partial charge < -0.3 is 0 Å². The van der Waals surface area contributed by atoms with Crippen LogP contribution in [-0.2, 0) is 0 Å². The zero-order valence-corrected chi connectivity index (χ0v) is 8.78. The summed E-state index contributed by atoms with van der Waals surface area (Å²) in [5.41, 5.74) is 0.804. The first kappa shape index (κ1) is 8.79. The average Bonchev–Trinajstić information content (AvgIpc) is 2.55. The van der Waals surface area contributed by atoms with Gasteiger partial charge in [0.25, 0.3) is 0 Å². The van der Waals surface area contributed by atoms with Gasteiger partial charge in [-0.15, -0.1) is 0 Å². The molecule has 1 aromatic heterocycles. The van der Waals surface area contributed by atoms with Gasteiger partial charge in [-0.2, -0.15) is 0 Å². The highest BCUT2D eigenvalue weighted by Gasteiger charge is 2.18. The summed E-state index contributed by atoms with van der Waals surface area (Å²) < 4.78 is 0.